The van der Waals surface area contributed by atoms with Crippen molar-refractivity contribution in [3.8, 4) is 17.0 Å². The Morgan fingerprint density at radius 2 is 1.90 bits per heavy atom. The van der Waals surface area contributed by atoms with E-state index in [-0.39, 0.29) is 18.4 Å². The highest BCUT2D eigenvalue weighted by Gasteiger charge is 2.12. The summed E-state index contributed by atoms with van der Waals surface area (Å²) in [5, 5.41) is 5.27. The second kappa shape index (κ2) is 8.87. The van der Waals surface area contributed by atoms with Crippen LogP contribution in [0.1, 0.15) is 21.5 Å². The van der Waals surface area contributed by atoms with Crippen molar-refractivity contribution in [1.29, 1.82) is 0 Å². The molecule has 0 saturated heterocycles. The Labute approximate surface area is 174 Å². The topological polar surface area (TPSA) is 71.5 Å². The number of nitrogens with zero attached hydrogens (tertiary/aromatic N) is 2. The van der Waals surface area contributed by atoms with E-state index in [9.17, 15) is 9.59 Å². The number of rotatable bonds is 6. The summed E-state index contributed by atoms with van der Waals surface area (Å²) in [7, 11) is 3.32. The average molecular weight is 410 g/mol. The Bertz CT molecular complexity index is 1040. The highest BCUT2D eigenvalue weighted by atomic mass is 32.1. The van der Waals surface area contributed by atoms with Gasteiger partial charge in [0.15, 0.2) is 11.7 Å². The fourth-order valence-electron chi connectivity index (χ4n) is 2.54. The SMILES string of the molecule is Cc1ccc(-c2csc(NC(=O)c3cccc(OCC(=O)N(C)C)c3)n2)cc1C. The summed E-state index contributed by atoms with van der Waals surface area (Å²) in [5.41, 5.74) is 4.71. The van der Waals surface area contributed by atoms with Crippen LogP contribution in [-0.2, 0) is 4.79 Å². The van der Waals surface area contributed by atoms with Crippen LogP contribution in [0.5, 0.6) is 5.75 Å². The van der Waals surface area contributed by atoms with E-state index in [4.69, 9.17) is 4.74 Å². The molecule has 0 saturated carbocycles. The normalized spacial score (nSPS) is 10.5. The molecule has 2 amide bonds. The van der Waals surface area contributed by atoms with E-state index in [2.05, 4.69) is 36.3 Å². The molecular formula is C22H23N3O3S. The number of aryl methyl sites for hydroxylation is 2. The Balaban J connectivity index is 1.67. The van der Waals surface area contributed by atoms with Crippen LogP contribution in [-0.4, -0.2) is 42.4 Å². The Kier molecular flexibility index (Phi) is 6.29. The quantitative estimate of drug-likeness (QED) is 0.664. The number of carbonyl (C=O) groups is 2. The van der Waals surface area contributed by atoms with Crippen molar-refractivity contribution in [3.05, 3.63) is 64.5 Å². The second-order valence-corrected chi connectivity index (χ2v) is 7.75. The van der Waals surface area contributed by atoms with E-state index in [0.717, 1.165) is 11.3 Å². The smallest absolute Gasteiger partial charge is 0.259 e. The number of hydrogen-bond acceptors (Lipinski definition) is 5. The predicted molar refractivity (Wildman–Crippen MR) is 116 cm³/mol. The predicted octanol–water partition coefficient (Wildman–Crippen LogP) is 4.15. The minimum absolute atomic E-state index is 0.0795. The molecule has 3 aromatic rings. The monoisotopic (exact) mass is 409 g/mol. The van der Waals surface area contributed by atoms with E-state index in [1.54, 1.807) is 38.4 Å². The lowest BCUT2D eigenvalue weighted by Crippen LogP contribution is -2.27. The van der Waals surface area contributed by atoms with E-state index >= 15 is 0 Å². The van der Waals surface area contributed by atoms with Gasteiger partial charge in [0, 0.05) is 30.6 Å². The fraction of sp³-hybridized carbons (Fsp3) is 0.227. The molecule has 0 aliphatic heterocycles. The van der Waals surface area contributed by atoms with Crippen LogP contribution in [0.25, 0.3) is 11.3 Å². The molecule has 0 radical (unpaired) electrons. The lowest BCUT2D eigenvalue weighted by atomic mass is 10.1. The summed E-state index contributed by atoms with van der Waals surface area (Å²) < 4.78 is 5.47. The largest absolute Gasteiger partial charge is 0.484 e. The Morgan fingerprint density at radius 1 is 1.10 bits per heavy atom. The molecule has 6 nitrogen and oxygen atoms in total. The number of anilines is 1. The third-order valence-corrected chi connectivity index (χ3v) is 5.24. The standard InChI is InChI=1S/C22H23N3O3S/c1-14-8-9-16(10-15(14)2)19-13-29-22(23-19)24-21(27)17-6-5-7-18(11-17)28-12-20(26)25(3)4/h5-11,13H,12H2,1-4H3,(H,23,24,27). The number of likely N-dealkylation sites (N-methyl/N-ethyl adjacent to an activating group) is 1. The maximum Gasteiger partial charge on any atom is 0.259 e. The van der Waals surface area contributed by atoms with Crippen molar-refractivity contribution in [2.45, 2.75) is 13.8 Å². The zero-order valence-electron chi connectivity index (χ0n) is 16.9. The highest BCUT2D eigenvalue weighted by molar-refractivity contribution is 7.14. The molecule has 0 fully saturated rings. The number of carbonyl (C=O) groups excluding carboxylic acids is 2. The first kappa shape index (κ1) is 20.5. The summed E-state index contributed by atoms with van der Waals surface area (Å²) in [6.07, 6.45) is 0. The number of nitrogens with one attached hydrogen (secondary N) is 1. The van der Waals surface area contributed by atoms with Gasteiger partial charge in [-0.25, -0.2) is 4.98 Å². The van der Waals surface area contributed by atoms with Crippen molar-refractivity contribution in [1.82, 2.24) is 9.88 Å². The molecule has 29 heavy (non-hydrogen) atoms. The van der Waals surface area contributed by atoms with Crippen molar-refractivity contribution >= 4 is 28.3 Å². The molecule has 150 valence electrons. The lowest BCUT2D eigenvalue weighted by molar-refractivity contribution is -0.130. The van der Waals surface area contributed by atoms with Crippen LogP contribution in [0.2, 0.25) is 0 Å². The van der Waals surface area contributed by atoms with Crippen LogP contribution in [0.3, 0.4) is 0 Å². The van der Waals surface area contributed by atoms with Crippen molar-refractivity contribution in [3.63, 3.8) is 0 Å². The lowest BCUT2D eigenvalue weighted by Gasteiger charge is -2.11. The summed E-state index contributed by atoms with van der Waals surface area (Å²) in [5.74, 6) is 0.0275. The van der Waals surface area contributed by atoms with Gasteiger partial charge in [-0.3, -0.25) is 14.9 Å². The number of hydrogen-bond donors (Lipinski definition) is 1. The van der Waals surface area contributed by atoms with Gasteiger partial charge in [-0.2, -0.15) is 0 Å². The molecule has 7 heteroatoms. The van der Waals surface area contributed by atoms with Crippen molar-refractivity contribution in [2.24, 2.45) is 0 Å². The molecule has 0 bridgehead atoms. The van der Waals surface area contributed by atoms with Crippen molar-refractivity contribution < 1.29 is 14.3 Å². The van der Waals surface area contributed by atoms with E-state index in [1.165, 1.54) is 27.4 Å². The summed E-state index contributed by atoms with van der Waals surface area (Å²) >= 11 is 1.37. The number of ether oxygens (including phenoxy) is 1. The molecular weight excluding hydrogens is 386 g/mol. The first-order chi connectivity index (χ1) is 13.8. The van der Waals surface area contributed by atoms with Crippen LogP contribution < -0.4 is 10.1 Å². The molecule has 0 aliphatic rings. The van der Waals surface area contributed by atoms with Crippen LogP contribution in [0, 0.1) is 13.8 Å². The maximum absolute atomic E-state index is 12.6. The van der Waals surface area contributed by atoms with Crippen LogP contribution in [0.15, 0.2) is 47.8 Å². The van der Waals surface area contributed by atoms with Gasteiger partial charge >= 0.3 is 0 Å². The third-order valence-electron chi connectivity index (χ3n) is 4.48. The number of thiazole rings is 1. The highest BCUT2D eigenvalue weighted by Crippen LogP contribution is 2.27. The molecule has 1 aromatic heterocycles. The average Bonchev–Trinajstić information content (AvgIpc) is 3.16. The molecule has 3 rings (SSSR count). The summed E-state index contributed by atoms with van der Waals surface area (Å²) in [4.78, 5) is 30.2. The van der Waals surface area contributed by atoms with E-state index in [0.29, 0.717) is 16.4 Å². The van der Waals surface area contributed by atoms with Gasteiger partial charge in [-0.15, -0.1) is 11.3 Å². The van der Waals surface area contributed by atoms with E-state index < -0.39 is 0 Å². The van der Waals surface area contributed by atoms with Gasteiger partial charge in [0.1, 0.15) is 5.75 Å². The zero-order chi connectivity index (χ0) is 21.0. The number of aromatic nitrogens is 1. The first-order valence-corrected chi connectivity index (χ1v) is 9.99. The summed E-state index contributed by atoms with van der Waals surface area (Å²) in [6.45, 7) is 4.05. The van der Waals surface area contributed by atoms with Crippen molar-refractivity contribution in [2.75, 3.05) is 26.0 Å². The van der Waals surface area contributed by atoms with Gasteiger partial charge in [-0.05, 0) is 49.2 Å². The molecule has 0 unspecified atom stereocenters. The molecule has 0 spiro atoms. The second-order valence-electron chi connectivity index (χ2n) is 6.90. The van der Waals surface area contributed by atoms with Gasteiger partial charge in [0.2, 0.25) is 0 Å². The van der Waals surface area contributed by atoms with Crippen LogP contribution >= 0.6 is 11.3 Å². The van der Waals surface area contributed by atoms with Crippen LogP contribution in [0.4, 0.5) is 5.13 Å². The minimum Gasteiger partial charge on any atom is -0.484 e. The first-order valence-electron chi connectivity index (χ1n) is 9.11. The third kappa shape index (κ3) is 5.20. The van der Waals surface area contributed by atoms with Gasteiger partial charge in [0.25, 0.3) is 11.8 Å². The Morgan fingerprint density at radius 3 is 2.62 bits per heavy atom. The molecule has 0 aliphatic carbocycles. The number of amides is 2. The van der Waals surface area contributed by atoms with Gasteiger partial charge in [0.05, 0.1) is 5.69 Å². The number of benzene rings is 2. The molecule has 1 N–H and O–H groups in total. The van der Waals surface area contributed by atoms with Gasteiger partial charge in [-0.1, -0.05) is 18.2 Å². The Hall–Kier alpha value is -3.19. The summed E-state index contributed by atoms with van der Waals surface area (Å²) in [6, 6.07) is 12.9. The minimum atomic E-state index is -0.282. The van der Waals surface area contributed by atoms with Gasteiger partial charge < -0.3 is 9.64 Å². The molecule has 1 heterocycles. The maximum atomic E-state index is 12.6. The van der Waals surface area contributed by atoms with E-state index in [1.807, 2.05) is 11.4 Å². The fourth-order valence-corrected chi connectivity index (χ4v) is 3.25. The molecule has 0 atom stereocenters. The zero-order valence-corrected chi connectivity index (χ0v) is 17.7. The molecule has 2 aromatic carbocycles.